The standard InChI is InChI=1S/C20H19F2N5O4/c1-30-4-5-31-17-7-14(25-9-12(17)8-23)16-3-2-11-6-13(18(21)22)15(10-28)26-19(11)27(16)20(24)29/h6-7,9-10,16,18H,2-5H2,1H3,(H2,24,29). The van der Waals surface area contributed by atoms with E-state index >= 15 is 0 Å². The number of amides is 2. The molecule has 0 radical (unpaired) electrons. The van der Waals surface area contributed by atoms with E-state index in [1.165, 1.54) is 25.4 Å². The Morgan fingerprint density at radius 1 is 1.45 bits per heavy atom. The van der Waals surface area contributed by atoms with Crippen LogP contribution in [0, 0.1) is 11.3 Å². The monoisotopic (exact) mass is 431 g/mol. The second-order valence-electron chi connectivity index (χ2n) is 6.69. The average molecular weight is 431 g/mol. The molecular formula is C20H19F2N5O4. The van der Waals surface area contributed by atoms with Crippen LogP contribution in [0.5, 0.6) is 5.75 Å². The van der Waals surface area contributed by atoms with E-state index in [9.17, 15) is 23.6 Å². The maximum atomic E-state index is 13.3. The number of nitriles is 1. The number of ether oxygens (including phenoxy) is 2. The summed E-state index contributed by atoms with van der Waals surface area (Å²) in [6, 6.07) is 3.11. The van der Waals surface area contributed by atoms with E-state index in [1.807, 2.05) is 6.07 Å². The number of pyridine rings is 2. The first-order chi connectivity index (χ1) is 14.9. The Labute approximate surface area is 176 Å². The lowest BCUT2D eigenvalue weighted by Crippen LogP contribution is -2.43. The van der Waals surface area contributed by atoms with Gasteiger partial charge < -0.3 is 15.2 Å². The van der Waals surface area contributed by atoms with Crippen LogP contribution >= 0.6 is 0 Å². The number of rotatable bonds is 7. The first-order valence-corrected chi connectivity index (χ1v) is 9.28. The van der Waals surface area contributed by atoms with Crippen LogP contribution in [-0.4, -0.2) is 42.6 Å². The summed E-state index contributed by atoms with van der Waals surface area (Å²) < 4.78 is 37.0. The highest BCUT2D eigenvalue weighted by Gasteiger charge is 2.35. The molecule has 2 N–H and O–H groups in total. The molecule has 1 aliphatic heterocycles. The lowest BCUT2D eigenvalue weighted by atomic mass is 9.94. The van der Waals surface area contributed by atoms with Gasteiger partial charge in [-0.2, -0.15) is 5.26 Å². The number of methoxy groups -OCH3 is 1. The molecule has 0 bridgehead atoms. The largest absolute Gasteiger partial charge is 0.490 e. The third-order valence-electron chi connectivity index (χ3n) is 4.84. The Hall–Kier alpha value is -3.65. The number of anilines is 1. The van der Waals surface area contributed by atoms with Gasteiger partial charge in [0.05, 0.1) is 18.3 Å². The molecular weight excluding hydrogens is 412 g/mol. The molecule has 2 aromatic heterocycles. The van der Waals surface area contributed by atoms with Crippen molar-refractivity contribution in [2.75, 3.05) is 25.2 Å². The topological polar surface area (TPSA) is 131 Å². The van der Waals surface area contributed by atoms with Gasteiger partial charge in [-0.3, -0.25) is 14.7 Å². The second kappa shape index (κ2) is 9.44. The molecule has 1 unspecified atom stereocenters. The van der Waals surface area contributed by atoms with Crippen molar-refractivity contribution in [3.63, 3.8) is 0 Å². The van der Waals surface area contributed by atoms with Crippen molar-refractivity contribution >= 4 is 18.1 Å². The highest BCUT2D eigenvalue weighted by Crippen LogP contribution is 2.39. The van der Waals surface area contributed by atoms with Gasteiger partial charge in [0.2, 0.25) is 0 Å². The van der Waals surface area contributed by atoms with Crippen molar-refractivity contribution in [1.29, 1.82) is 5.26 Å². The number of hydrogen-bond donors (Lipinski definition) is 1. The van der Waals surface area contributed by atoms with E-state index in [0.29, 0.717) is 30.7 Å². The zero-order valence-electron chi connectivity index (χ0n) is 16.5. The van der Waals surface area contributed by atoms with Gasteiger partial charge in [-0.05, 0) is 24.5 Å². The normalized spacial score (nSPS) is 15.3. The summed E-state index contributed by atoms with van der Waals surface area (Å²) in [4.78, 5) is 32.9. The Kier molecular flexibility index (Phi) is 6.71. The maximum absolute atomic E-state index is 13.3. The molecule has 31 heavy (non-hydrogen) atoms. The molecule has 3 heterocycles. The van der Waals surface area contributed by atoms with Gasteiger partial charge in [0.25, 0.3) is 6.43 Å². The number of nitrogens with zero attached hydrogens (tertiary/aromatic N) is 4. The number of aldehydes is 1. The predicted octanol–water partition coefficient (Wildman–Crippen LogP) is 2.70. The molecule has 2 amide bonds. The van der Waals surface area contributed by atoms with Crippen LogP contribution in [0.3, 0.4) is 0 Å². The summed E-state index contributed by atoms with van der Waals surface area (Å²) in [6.45, 7) is 0.500. The molecule has 1 atom stereocenters. The molecule has 0 saturated heterocycles. The van der Waals surface area contributed by atoms with Crippen molar-refractivity contribution in [2.45, 2.75) is 25.3 Å². The van der Waals surface area contributed by atoms with Gasteiger partial charge in [-0.15, -0.1) is 0 Å². The number of alkyl halides is 2. The van der Waals surface area contributed by atoms with Crippen LogP contribution in [0.2, 0.25) is 0 Å². The van der Waals surface area contributed by atoms with Crippen molar-refractivity contribution in [3.8, 4) is 11.8 Å². The van der Waals surface area contributed by atoms with Crippen LogP contribution in [0.1, 0.15) is 51.8 Å². The van der Waals surface area contributed by atoms with Crippen molar-refractivity contribution in [2.24, 2.45) is 5.73 Å². The Bertz CT molecular complexity index is 1040. The minimum atomic E-state index is -2.88. The SMILES string of the molecule is COCCOc1cc(C2CCc3cc(C(F)F)c(C=O)nc3N2C(N)=O)ncc1C#N. The molecule has 9 nitrogen and oxygen atoms in total. The molecule has 0 aromatic carbocycles. The first kappa shape index (κ1) is 22.0. The molecule has 162 valence electrons. The Morgan fingerprint density at radius 2 is 2.23 bits per heavy atom. The highest BCUT2D eigenvalue weighted by molar-refractivity contribution is 5.92. The lowest BCUT2D eigenvalue weighted by Gasteiger charge is -2.35. The smallest absolute Gasteiger partial charge is 0.321 e. The number of fused-ring (bicyclic) bond motifs is 1. The van der Waals surface area contributed by atoms with Gasteiger partial charge in [0, 0.05) is 24.9 Å². The molecule has 3 rings (SSSR count). The number of nitrogens with two attached hydrogens (primary N) is 1. The fourth-order valence-electron chi connectivity index (χ4n) is 3.42. The van der Waals surface area contributed by atoms with E-state index < -0.39 is 29.8 Å². The number of urea groups is 1. The van der Waals surface area contributed by atoms with Crippen LogP contribution in [0.4, 0.5) is 19.4 Å². The van der Waals surface area contributed by atoms with Gasteiger partial charge in [-0.25, -0.2) is 18.6 Å². The van der Waals surface area contributed by atoms with Gasteiger partial charge in [-0.1, -0.05) is 0 Å². The first-order valence-electron chi connectivity index (χ1n) is 9.28. The zero-order valence-corrected chi connectivity index (χ0v) is 16.5. The molecule has 0 spiro atoms. The molecule has 11 heteroatoms. The molecule has 0 saturated carbocycles. The summed E-state index contributed by atoms with van der Waals surface area (Å²) in [5.41, 5.74) is 5.57. The predicted molar refractivity (Wildman–Crippen MR) is 104 cm³/mol. The van der Waals surface area contributed by atoms with Crippen LogP contribution < -0.4 is 15.4 Å². The minimum absolute atomic E-state index is 0.0308. The summed E-state index contributed by atoms with van der Waals surface area (Å²) in [5, 5.41) is 9.28. The number of aromatic nitrogens is 2. The van der Waals surface area contributed by atoms with Gasteiger partial charge in [0.1, 0.15) is 35.5 Å². The Morgan fingerprint density at radius 3 is 2.84 bits per heavy atom. The minimum Gasteiger partial charge on any atom is -0.490 e. The fraction of sp³-hybridized carbons (Fsp3) is 0.350. The van der Waals surface area contributed by atoms with Crippen molar-refractivity contribution in [3.05, 3.63) is 46.4 Å². The van der Waals surface area contributed by atoms with E-state index in [4.69, 9.17) is 15.2 Å². The molecule has 2 aromatic rings. The fourth-order valence-corrected chi connectivity index (χ4v) is 3.42. The quantitative estimate of drug-likeness (QED) is 0.527. The molecule has 0 aliphatic carbocycles. The average Bonchev–Trinajstić information content (AvgIpc) is 2.77. The van der Waals surface area contributed by atoms with E-state index in [0.717, 1.165) is 4.90 Å². The number of carbonyl (C=O) groups excluding carboxylic acids is 2. The van der Waals surface area contributed by atoms with Gasteiger partial charge >= 0.3 is 6.03 Å². The lowest BCUT2D eigenvalue weighted by molar-refractivity contribution is 0.110. The summed E-state index contributed by atoms with van der Waals surface area (Å²) in [5.74, 6) is 0.289. The number of primary amides is 1. The van der Waals surface area contributed by atoms with E-state index in [1.54, 1.807) is 0 Å². The van der Waals surface area contributed by atoms with E-state index in [-0.39, 0.29) is 30.0 Å². The van der Waals surface area contributed by atoms with Crippen LogP contribution in [0.15, 0.2) is 18.3 Å². The zero-order chi connectivity index (χ0) is 22.5. The Balaban J connectivity index is 2.04. The summed E-state index contributed by atoms with van der Waals surface area (Å²) >= 11 is 0. The van der Waals surface area contributed by atoms with Crippen LogP contribution in [-0.2, 0) is 11.2 Å². The second-order valence-corrected chi connectivity index (χ2v) is 6.69. The van der Waals surface area contributed by atoms with Crippen molar-refractivity contribution < 1.29 is 27.8 Å². The van der Waals surface area contributed by atoms with Crippen LogP contribution in [0.25, 0.3) is 0 Å². The highest BCUT2D eigenvalue weighted by atomic mass is 19.3. The third-order valence-corrected chi connectivity index (χ3v) is 4.84. The summed E-state index contributed by atoms with van der Waals surface area (Å²) in [6.07, 6.45) is -0.735. The molecule has 0 fully saturated rings. The number of carbonyl (C=O) groups is 2. The van der Waals surface area contributed by atoms with Gasteiger partial charge in [0.15, 0.2) is 6.29 Å². The number of hydrogen-bond acceptors (Lipinski definition) is 7. The van der Waals surface area contributed by atoms with Crippen molar-refractivity contribution in [1.82, 2.24) is 9.97 Å². The van der Waals surface area contributed by atoms with E-state index in [2.05, 4.69) is 9.97 Å². The number of halogens is 2. The third kappa shape index (κ3) is 4.44. The summed E-state index contributed by atoms with van der Waals surface area (Å²) in [7, 11) is 1.51. The maximum Gasteiger partial charge on any atom is 0.321 e. The number of aryl methyl sites for hydroxylation is 1. The molecule has 1 aliphatic rings.